The van der Waals surface area contributed by atoms with E-state index >= 15 is 0 Å². The molecule has 0 fully saturated rings. The van der Waals surface area contributed by atoms with Gasteiger partial charge in [0.1, 0.15) is 5.54 Å². The average molecular weight is 435 g/mol. The minimum Gasteiger partial charge on any atom is -0.273 e. The van der Waals surface area contributed by atoms with Crippen LogP contribution in [0.5, 0.6) is 0 Å². The van der Waals surface area contributed by atoms with E-state index in [0.717, 1.165) is 11.1 Å². The second-order valence-electron chi connectivity index (χ2n) is 7.85. The Kier molecular flexibility index (Phi) is 4.42. The Labute approximate surface area is 181 Å². The quantitative estimate of drug-likeness (QED) is 0.626. The third kappa shape index (κ3) is 2.66. The van der Waals surface area contributed by atoms with Gasteiger partial charge >= 0.3 is 0 Å². The Balaban J connectivity index is 1.75. The summed E-state index contributed by atoms with van der Waals surface area (Å²) in [6, 6.07) is 21.7. The molecular weight excluding hydrogens is 412 g/mol. The summed E-state index contributed by atoms with van der Waals surface area (Å²) in [5, 5.41) is 1.40. The normalized spacial score (nSPS) is 20.1. The highest BCUT2D eigenvalue weighted by molar-refractivity contribution is 7.92. The lowest BCUT2D eigenvalue weighted by Crippen LogP contribution is -2.50. The predicted molar refractivity (Wildman–Crippen MR) is 117 cm³/mol. The van der Waals surface area contributed by atoms with E-state index in [2.05, 4.69) is 0 Å². The van der Waals surface area contributed by atoms with Gasteiger partial charge in [-0.1, -0.05) is 54.1 Å². The maximum atomic E-state index is 13.6. The number of aryl methyl sites for hydroxylation is 1. The van der Waals surface area contributed by atoms with Gasteiger partial charge in [-0.25, -0.2) is 13.5 Å². The van der Waals surface area contributed by atoms with Crippen LogP contribution in [0.1, 0.15) is 33.5 Å². The highest BCUT2D eigenvalue weighted by Gasteiger charge is 2.56. The van der Waals surface area contributed by atoms with E-state index < -0.39 is 15.6 Å². The lowest BCUT2D eigenvalue weighted by molar-refractivity contribution is -0.148. The second-order valence-corrected chi connectivity index (χ2v) is 9.71. The number of amides is 1. The van der Waals surface area contributed by atoms with Gasteiger partial charge in [0.05, 0.1) is 17.7 Å². The summed E-state index contributed by atoms with van der Waals surface area (Å²) in [4.78, 5) is 19.1. The first kappa shape index (κ1) is 19.8. The third-order valence-electron chi connectivity index (χ3n) is 6.21. The van der Waals surface area contributed by atoms with Gasteiger partial charge < -0.3 is 0 Å². The number of hydrogen-bond donors (Lipinski definition) is 0. The lowest BCUT2D eigenvalue weighted by Gasteiger charge is -2.44. The molecule has 0 radical (unpaired) electrons. The second kappa shape index (κ2) is 6.93. The van der Waals surface area contributed by atoms with Crippen molar-refractivity contribution in [2.24, 2.45) is 0 Å². The van der Waals surface area contributed by atoms with Gasteiger partial charge in [-0.05, 0) is 36.8 Å². The van der Waals surface area contributed by atoms with Gasteiger partial charge in [0.25, 0.3) is 15.9 Å². The maximum absolute atomic E-state index is 13.6. The van der Waals surface area contributed by atoms with E-state index in [1.54, 1.807) is 42.5 Å². The van der Waals surface area contributed by atoms with E-state index in [1.165, 1.54) is 16.5 Å². The largest absolute Gasteiger partial charge is 0.279 e. The van der Waals surface area contributed by atoms with Crippen LogP contribution in [0, 0.1) is 6.92 Å². The van der Waals surface area contributed by atoms with Crippen molar-refractivity contribution in [1.82, 2.24) is 5.06 Å². The Hall–Kier alpha value is -3.16. The zero-order valence-corrected chi connectivity index (χ0v) is 18.1. The molecule has 0 saturated heterocycles. The SMILES string of the molecule is CON1C(=O)c2cccc3c2C1(c1ccccc1)CCN3S(=O)(=O)c1ccc(C)cc1. The van der Waals surface area contributed by atoms with Gasteiger partial charge in [0.2, 0.25) is 0 Å². The zero-order chi connectivity index (χ0) is 21.8. The first-order valence-corrected chi connectivity index (χ1v) is 11.5. The summed E-state index contributed by atoms with van der Waals surface area (Å²) in [7, 11) is -2.32. The van der Waals surface area contributed by atoms with Crippen molar-refractivity contribution in [3.63, 3.8) is 0 Å². The highest BCUT2D eigenvalue weighted by Crippen LogP contribution is 2.54. The number of anilines is 1. The first-order valence-electron chi connectivity index (χ1n) is 10.1. The van der Waals surface area contributed by atoms with Gasteiger partial charge in [-0.15, -0.1) is 0 Å². The summed E-state index contributed by atoms with van der Waals surface area (Å²) in [6.07, 6.45) is 0.381. The van der Waals surface area contributed by atoms with Crippen molar-refractivity contribution < 1.29 is 18.0 Å². The molecule has 3 aromatic carbocycles. The van der Waals surface area contributed by atoms with Crippen molar-refractivity contribution in [3.8, 4) is 0 Å². The van der Waals surface area contributed by atoms with Crippen molar-refractivity contribution in [2.75, 3.05) is 18.0 Å². The molecule has 1 atom stereocenters. The molecule has 2 aliphatic heterocycles. The van der Waals surface area contributed by atoms with E-state index in [4.69, 9.17) is 4.84 Å². The van der Waals surface area contributed by atoms with Crippen LogP contribution in [-0.4, -0.2) is 33.0 Å². The van der Waals surface area contributed by atoms with Crippen molar-refractivity contribution in [2.45, 2.75) is 23.8 Å². The fourth-order valence-corrected chi connectivity index (χ4v) is 6.28. The molecule has 3 aromatic rings. The maximum Gasteiger partial charge on any atom is 0.279 e. The lowest BCUT2D eigenvalue weighted by atomic mass is 9.78. The molecule has 2 aliphatic rings. The topological polar surface area (TPSA) is 66.9 Å². The molecule has 7 heteroatoms. The van der Waals surface area contributed by atoms with Gasteiger partial charge in [0, 0.05) is 24.1 Å². The number of carbonyl (C=O) groups excluding carboxylic acids is 1. The Morgan fingerprint density at radius 1 is 0.935 bits per heavy atom. The van der Waals surface area contributed by atoms with Crippen LogP contribution in [0.15, 0.2) is 77.7 Å². The molecule has 158 valence electrons. The molecule has 0 bridgehead atoms. The van der Waals surface area contributed by atoms with Crippen LogP contribution < -0.4 is 4.31 Å². The Morgan fingerprint density at radius 3 is 2.32 bits per heavy atom. The molecular formula is C24H22N2O4S. The third-order valence-corrected chi connectivity index (χ3v) is 8.03. The Morgan fingerprint density at radius 2 is 1.65 bits per heavy atom. The molecule has 31 heavy (non-hydrogen) atoms. The van der Waals surface area contributed by atoms with Crippen LogP contribution in [0.4, 0.5) is 5.69 Å². The van der Waals surface area contributed by atoms with E-state index in [1.807, 2.05) is 37.3 Å². The van der Waals surface area contributed by atoms with E-state index in [9.17, 15) is 13.2 Å². The number of rotatable bonds is 4. The van der Waals surface area contributed by atoms with Crippen LogP contribution in [0.2, 0.25) is 0 Å². The summed E-state index contributed by atoms with van der Waals surface area (Å²) >= 11 is 0. The Bertz CT molecular complexity index is 1270. The van der Waals surface area contributed by atoms with Crippen molar-refractivity contribution in [3.05, 3.63) is 95.1 Å². The monoisotopic (exact) mass is 434 g/mol. The smallest absolute Gasteiger partial charge is 0.273 e. The zero-order valence-electron chi connectivity index (χ0n) is 17.3. The molecule has 0 spiro atoms. The molecule has 6 nitrogen and oxygen atoms in total. The number of hydroxylamine groups is 2. The van der Waals surface area contributed by atoms with Crippen LogP contribution in [0.3, 0.4) is 0 Å². The van der Waals surface area contributed by atoms with Crippen LogP contribution in [0.25, 0.3) is 0 Å². The summed E-state index contributed by atoms with van der Waals surface area (Å²) < 4.78 is 28.6. The molecule has 1 amide bonds. The van der Waals surface area contributed by atoms with Crippen molar-refractivity contribution >= 4 is 21.6 Å². The van der Waals surface area contributed by atoms with E-state index in [0.29, 0.717) is 23.2 Å². The molecule has 0 N–H and O–H groups in total. The number of benzene rings is 3. The summed E-state index contributed by atoms with van der Waals surface area (Å²) in [6.45, 7) is 2.13. The van der Waals surface area contributed by atoms with Crippen LogP contribution in [-0.2, 0) is 20.4 Å². The average Bonchev–Trinajstić information content (AvgIpc) is 3.04. The summed E-state index contributed by atoms with van der Waals surface area (Å²) in [5.41, 5.74) is 2.66. The fraction of sp³-hybridized carbons (Fsp3) is 0.208. The number of hydrogen-bond acceptors (Lipinski definition) is 4. The molecule has 0 saturated carbocycles. The van der Waals surface area contributed by atoms with E-state index in [-0.39, 0.29) is 17.3 Å². The van der Waals surface area contributed by atoms with Gasteiger partial charge in [-0.2, -0.15) is 0 Å². The summed E-state index contributed by atoms with van der Waals surface area (Å²) in [5.74, 6) is -0.266. The first-order chi connectivity index (χ1) is 14.9. The predicted octanol–water partition coefficient (Wildman–Crippen LogP) is 3.85. The molecule has 1 unspecified atom stereocenters. The standard InChI is InChI=1S/C24H22N2O4S/c1-17-11-13-19(14-12-17)31(28,29)25-16-15-24(18-7-4-3-5-8-18)22-20(9-6-10-21(22)25)23(27)26(24)30-2/h3-14H,15-16H2,1-2H3. The minimum atomic E-state index is -3.79. The van der Waals surface area contributed by atoms with Gasteiger partial charge in [0.15, 0.2) is 0 Å². The number of sulfonamides is 1. The molecule has 0 aromatic heterocycles. The van der Waals surface area contributed by atoms with Crippen LogP contribution >= 0.6 is 0 Å². The van der Waals surface area contributed by atoms with Gasteiger partial charge in [-0.3, -0.25) is 13.9 Å². The number of carbonyl (C=O) groups is 1. The molecule has 0 aliphatic carbocycles. The molecule has 5 rings (SSSR count). The molecule has 2 heterocycles. The minimum absolute atomic E-state index is 0.217. The highest BCUT2D eigenvalue weighted by atomic mass is 32.2. The fourth-order valence-electron chi connectivity index (χ4n) is 4.80. The van der Waals surface area contributed by atoms with Crippen molar-refractivity contribution in [1.29, 1.82) is 0 Å². The number of nitrogens with zero attached hydrogens (tertiary/aromatic N) is 2.